The summed E-state index contributed by atoms with van der Waals surface area (Å²) in [5.74, 6) is 2.35. The van der Waals surface area contributed by atoms with Crippen molar-refractivity contribution in [2.75, 3.05) is 6.54 Å². The molecule has 0 fully saturated rings. The molecule has 2 rings (SSSR count). The lowest BCUT2D eigenvalue weighted by atomic mass is 9.88. The second-order valence-corrected chi connectivity index (χ2v) is 8.42. The van der Waals surface area contributed by atoms with Crippen molar-refractivity contribution in [3.8, 4) is 5.75 Å². The maximum absolute atomic E-state index is 5.80. The van der Waals surface area contributed by atoms with Crippen LogP contribution in [0.5, 0.6) is 5.75 Å². The highest BCUT2D eigenvalue weighted by molar-refractivity contribution is 5.29. The molecule has 0 spiro atoms. The van der Waals surface area contributed by atoms with Gasteiger partial charge in [0.1, 0.15) is 11.8 Å². The van der Waals surface area contributed by atoms with Crippen LogP contribution in [-0.4, -0.2) is 12.6 Å². The van der Waals surface area contributed by atoms with Gasteiger partial charge in [0, 0.05) is 12.0 Å². The summed E-state index contributed by atoms with van der Waals surface area (Å²) in [6.07, 6.45) is 3.98. The minimum Gasteiger partial charge on any atom is -0.491 e. The van der Waals surface area contributed by atoms with Crippen LogP contribution in [0.25, 0.3) is 0 Å². The van der Waals surface area contributed by atoms with Gasteiger partial charge in [0.05, 0.1) is 12.6 Å². The largest absolute Gasteiger partial charge is 0.491 e. The smallest absolute Gasteiger partial charge is 0.119 e. The highest BCUT2D eigenvalue weighted by Gasteiger charge is 2.15. The molecule has 0 aromatic heterocycles. The maximum Gasteiger partial charge on any atom is 0.119 e. The van der Waals surface area contributed by atoms with E-state index in [-0.39, 0.29) is 6.10 Å². The molecule has 0 aliphatic carbocycles. The quantitative estimate of drug-likeness (QED) is 0.540. The average Bonchev–Trinajstić information content (AvgIpc) is 2.65. The minimum atomic E-state index is 0.224. The van der Waals surface area contributed by atoms with E-state index in [1.165, 1.54) is 30.4 Å². The van der Waals surface area contributed by atoms with Crippen LogP contribution < -0.4 is 10.1 Å². The molecule has 2 nitrogen and oxygen atoms in total. The normalized spacial score (nSPS) is 13.7. The number of hydrogen-bond donors (Lipinski definition) is 1. The molecule has 27 heavy (non-hydrogen) atoms. The van der Waals surface area contributed by atoms with E-state index in [0.717, 1.165) is 18.2 Å². The zero-order valence-corrected chi connectivity index (χ0v) is 17.8. The number of nitrogens with two attached hydrogens (primary N) is 1. The summed E-state index contributed by atoms with van der Waals surface area (Å²) >= 11 is 0. The van der Waals surface area contributed by atoms with Gasteiger partial charge in [-0.2, -0.15) is 0 Å². The highest BCUT2D eigenvalue weighted by atomic mass is 16.5. The van der Waals surface area contributed by atoms with E-state index in [2.05, 4.69) is 94.5 Å². The van der Waals surface area contributed by atoms with Gasteiger partial charge in [-0.15, -0.1) is 0 Å². The summed E-state index contributed by atoms with van der Waals surface area (Å²) < 4.78 is 5.80. The third-order valence-corrected chi connectivity index (χ3v) is 5.18. The fourth-order valence-corrected chi connectivity index (χ4v) is 3.54. The van der Waals surface area contributed by atoms with Crippen molar-refractivity contribution in [1.29, 1.82) is 0 Å². The van der Waals surface area contributed by atoms with Gasteiger partial charge in [-0.25, -0.2) is 0 Å². The van der Waals surface area contributed by atoms with Crippen molar-refractivity contribution < 1.29 is 10.1 Å². The summed E-state index contributed by atoms with van der Waals surface area (Å²) in [6.45, 7) is 12.2. The molecule has 0 aliphatic heterocycles. The zero-order valence-electron chi connectivity index (χ0n) is 17.8. The summed E-state index contributed by atoms with van der Waals surface area (Å²) in [4.78, 5) is 0. The monoisotopic (exact) mass is 368 g/mol. The Kier molecular flexibility index (Phi) is 8.87. The SMILES string of the molecule is CC(C)CC[C@H](CC[NH2+][C@H](C)c1ccccc1)c1ccc(OC(C)C)cc1. The van der Waals surface area contributed by atoms with E-state index < -0.39 is 0 Å². The Morgan fingerprint density at radius 2 is 1.41 bits per heavy atom. The molecule has 0 aliphatic rings. The molecule has 2 heteroatoms. The van der Waals surface area contributed by atoms with Gasteiger partial charge in [0.25, 0.3) is 0 Å². The second kappa shape index (κ2) is 11.1. The summed E-state index contributed by atoms with van der Waals surface area (Å²) in [7, 11) is 0. The van der Waals surface area contributed by atoms with E-state index in [9.17, 15) is 0 Å². The van der Waals surface area contributed by atoms with E-state index in [1.807, 2.05) is 0 Å². The van der Waals surface area contributed by atoms with Crippen molar-refractivity contribution in [3.05, 3.63) is 65.7 Å². The average molecular weight is 369 g/mol. The first-order valence-corrected chi connectivity index (χ1v) is 10.6. The van der Waals surface area contributed by atoms with E-state index in [1.54, 1.807) is 0 Å². The fourth-order valence-electron chi connectivity index (χ4n) is 3.54. The van der Waals surface area contributed by atoms with Gasteiger partial charge in [0.15, 0.2) is 0 Å². The predicted molar refractivity (Wildman–Crippen MR) is 115 cm³/mol. The van der Waals surface area contributed by atoms with Crippen LogP contribution >= 0.6 is 0 Å². The standard InChI is InChI=1S/C25H37NO/c1-19(2)11-12-24(23-13-15-25(16-14-23)27-20(3)4)17-18-26-21(5)22-9-7-6-8-10-22/h6-10,13-16,19-21,24,26H,11-12,17-18H2,1-5H3/p+1/t21-,24-/m1/s1. The van der Waals surface area contributed by atoms with E-state index in [4.69, 9.17) is 4.74 Å². The third-order valence-electron chi connectivity index (χ3n) is 5.18. The Morgan fingerprint density at radius 1 is 0.741 bits per heavy atom. The van der Waals surface area contributed by atoms with Crippen molar-refractivity contribution in [3.63, 3.8) is 0 Å². The van der Waals surface area contributed by atoms with Gasteiger partial charge < -0.3 is 10.1 Å². The molecular formula is C25H38NO+. The Balaban J connectivity index is 1.95. The van der Waals surface area contributed by atoms with Gasteiger partial charge in [0.2, 0.25) is 0 Å². The van der Waals surface area contributed by atoms with Crippen LogP contribution in [0.15, 0.2) is 54.6 Å². The van der Waals surface area contributed by atoms with Crippen LogP contribution in [0.1, 0.15) is 77.0 Å². The van der Waals surface area contributed by atoms with Crippen molar-refractivity contribution in [2.24, 2.45) is 5.92 Å². The van der Waals surface area contributed by atoms with Crippen molar-refractivity contribution >= 4 is 0 Å². The molecule has 2 aromatic rings. The number of hydrogen-bond acceptors (Lipinski definition) is 1. The first-order valence-electron chi connectivity index (χ1n) is 10.6. The summed E-state index contributed by atoms with van der Waals surface area (Å²) in [5, 5.41) is 2.48. The first-order chi connectivity index (χ1) is 13.0. The Bertz CT molecular complexity index is 633. The summed E-state index contributed by atoms with van der Waals surface area (Å²) in [5.41, 5.74) is 2.86. The number of quaternary nitrogens is 1. The molecule has 0 heterocycles. The number of rotatable bonds is 11. The molecule has 0 saturated heterocycles. The Hall–Kier alpha value is -1.80. The van der Waals surface area contributed by atoms with Gasteiger partial charge >= 0.3 is 0 Å². The molecule has 0 bridgehead atoms. The highest BCUT2D eigenvalue weighted by Crippen LogP contribution is 2.28. The topological polar surface area (TPSA) is 25.8 Å². The van der Waals surface area contributed by atoms with Gasteiger partial charge in [-0.3, -0.25) is 0 Å². The van der Waals surface area contributed by atoms with Crippen LogP contribution in [0.3, 0.4) is 0 Å². The summed E-state index contributed by atoms with van der Waals surface area (Å²) in [6, 6.07) is 20.1. The molecule has 148 valence electrons. The lowest BCUT2D eigenvalue weighted by molar-refractivity contribution is -0.693. The molecule has 0 unspecified atom stereocenters. The van der Waals surface area contributed by atoms with Crippen molar-refractivity contribution in [2.45, 2.75) is 71.9 Å². The third kappa shape index (κ3) is 7.76. The van der Waals surface area contributed by atoms with Gasteiger partial charge in [-0.1, -0.05) is 62.7 Å². The molecule has 2 N–H and O–H groups in total. The van der Waals surface area contributed by atoms with Crippen LogP contribution in [-0.2, 0) is 0 Å². The Morgan fingerprint density at radius 3 is 2.00 bits per heavy atom. The second-order valence-electron chi connectivity index (χ2n) is 8.42. The number of benzene rings is 2. The van der Waals surface area contributed by atoms with E-state index >= 15 is 0 Å². The maximum atomic E-state index is 5.80. The van der Waals surface area contributed by atoms with Crippen LogP contribution in [0, 0.1) is 5.92 Å². The van der Waals surface area contributed by atoms with Gasteiger partial charge in [-0.05, 0) is 56.7 Å². The first kappa shape index (κ1) is 21.5. The molecule has 0 radical (unpaired) electrons. The lowest BCUT2D eigenvalue weighted by Gasteiger charge is -2.20. The number of ether oxygens (including phenoxy) is 1. The van der Waals surface area contributed by atoms with Crippen LogP contribution in [0.2, 0.25) is 0 Å². The lowest BCUT2D eigenvalue weighted by Crippen LogP contribution is -2.84. The molecular weight excluding hydrogens is 330 g/mol. The molecule has 0 saturated carbocycles. The molecule has 2 atom stereocenters. The fraction of sp³-hybridized carbons (Fsp3) is 0.520. The zero-order chi connectivity index (χ0) is 19.6. The Labute approximate surface area is 166 Å². The molecule has 2 aromatic carbocycles. The van der Waals surface area contributed by atoms with E-state index in [0.29, 0.717) is 12.0 Å². The van der Waals surface area contributed by atoms with Crippen LogP contribution in [0.4, 0.5) is 0 Å². The predicted octanol–water partition coefficient (Wildman–Crippen LogP) is 5.71. The minimum absolute atomic E-state index is 0.224. The molecule has 0 amide bonds. The van der Waals surface area contributed by atoms with Crippen molar-refractivity contribution in [1.82, 2.24) is 0 Å².